The van der Waals surface area contributed by atoms with Gasteiger partial charge in [0.1, 0.15) is 11.9 Å². The number of carbonyl (C=O) groups is 1. The van der Waals surface area contributed by atoms with Crippen molar-refractivity contribution in [2.45, 2.75) is 38.7 Å². The highest BCUT2D eigenvalue weighted by atomic mass is 19.4. The molecule has 0 aliphatic carbocycles. The summed E-state index contributed by atoms with van der Waals surface area (Å²) in [5.41, 5.74) is 1.40. The van der Waals surface area contributed by atoms with Gasteiger partial charge in [0.05, 0.1) is 23.8 Å². The van der Waals surface area contributed by atoms with Crippen LogP contribution in [0.25, 0.3) is 0 Å². The second-order valence-electron chi connectivity index (χ2n) is 9.59. The standard InChI is InChI=1S/C26H34F3N3O3/c1-17-13-32(18(2)16-33)25(34)22-12-21(30(3)4)10-11-23(22)35-24(17)15-31(5)14-19-6-8-20(9-7-19)26(27,28)29/h6-12,17-18,24,33H,13-16H2,1-5H3/t17-,18+,24-/m1/s1. The van der Waals surface area contributed by atoms with Crippen LogP contribution in [0.1, 0.15) is 35.3 Å². The summed E-state index contributed by atoms with van der Waals surface area (Å²) in [6, 6.07) is 10.3. The third-order valence-electron chi connectivity index (χ3n) is 6.39. The molecule has 192 valence electrons. The normalized spacial score (nSPS) is 19.6. The van der Waals surface area contributed by atoms with Crippen LogP contribution < -0.4 is 9.64 Å². The zero-order chi connectivity index (χ0) is 25.9. The first-order valence-electron chi connectivity index (χ1n) is 11.6. The molecule has 0 saturated carbocycles. The maximum Gasteiger partial charge on any atom is 0.416 e. The number of carbonyl (C=O) groups excluding carboxylic acids is 1. The molecular weight excluding hydrogens is 459 g/mol. The van der Waals surface area contributed by atoms with E-state index in [1.807, 2.05) is 50.9 Å². The molecule has 0 saturated heterocycles. The number of ether oxygens (including phenoxy) is 1. The summed E-state index contributed by atoms with van der Waals surface area (Å²) in [6.07, 6.45) is -4.64. The van der Waals surface area contributed by atoms with Gasteiger partial charge in [0, 0.05) is 45.3 Å². The van der Waals surface area contributed by atoms with Crippen molar-refractivity contribution in [2.75, 3.05) is 45.7 Å². The molecule has 0 unspecified atom stereocenters. The van der Waals surface area contributed by atoms with Gasteiger partial charge in [0.15, 0.2) is 0 Å². The fraction of sp³-hybridized carbons (Fsp3) is 0.500. The summed E-state index contributed by atoms with van der Waals surface area (Å²) in [7, 11) is 5.68. The number of hydrogen-bond acceptors (Lipinski definition) is 5. The van der Waals surface area contributed by atoms with Crippen LogP contribution in [-0.2, 0) is 12.7 Å². The Morgan fingerprint density at radius 1 is 1.14 bits per heavy atom. The lowest BCUT2D eigenvalue weighted by atomic mass is 9.99. The fourth-order valence-electron chi connectivity index (χ4n) is 4.19. The summed E-state index contributed by atoms with van der Waals surface area (Å²) in [5.74, 6) is 0.244. The Balaban J connectivity index is 1.83. The molecule has 3 atom stereocenters. The Hall–Kier alpha value is -2.78. The maximum absolute atomic E-state index is 13.4. The molecule has 6 nitrogen and oxygen atoms in total. The first kappa shape index (κ1) is 26.8. The Morgan fingerprint density at radius 2 is 1.80 bits per heavy atom. The number of likely N-dealkylation sites (N-methyl/N-ethyl adjacent to an activating group) is 1. The van der Waals surface area contributed by atoms with Crippen LogP contribution in [-0.4, -0.2) is 73.8 Å². The van der Waals surface area contributed by atoms with Gasteiger partial charge in [-0.25, -0.2) is 0 Å². The van der Waals surface area contributed by atoms with Crippen molar-refractivity contribution in [1.82, 2.24) is 9.80 Å². The number of benzene rings is 2. The number of alkyl halides is 3. The molecule has 1 heterocycles. The molecule has 3 rings (SSSR count). The molecule has 35 heavy (non-hydrogen) atoms. The van der Waals surface area contributed by atoms with Gasteiger partial charge < -0.3 is 19.6 Å². The Bertz CT molecular complexity index is 1010. The average Bonchev–Trinajstić information content (AvgIpc) is 2.80. The third kappa shape index (κ3) is 6.46. The van der Waals surface area contributed by atoms with E-state index in [1.54, 1.807) is 17.0 Å². The molecule has 2 aromatic rings. The van der Waals surface area contributed by atoms with Crippen molar-refractivity contribution in [2.24, 2.45) is 5.92 Å². The number of aliphatic hydroxyl groups is 1. The number of nitrogens with zero attached hydrogens (tertiary/aromatic N) is 3. The van der Waals surface area contributed by atoms with Crippen LogP contribution in [0.4, 0.5) is 18.9 Å². The molecule has 1 aliphatic heterocycles. The van der Waals surface area contributed by atoms with Crippen LogP contribution in [0, 0.1) is 5.92 Å². The Labute approximate surface area is 204 Å². The lowest BCUT2D eigenvalue weighted by Crippen LogP contribution is -2.49. The van der Waals surface area contributed by atoms with E-state index in [0.717, 1.165) is 23.4 Å². The first-order chi connectivity index (χ1) is 16.4. The van der Waals surface area contributed by atoms with Gasteiger partial charge >= 0.3 is 6.18 Å². The van der Waals surface area contributed by atoms with E-state index in [9.17, 15) is 23.1 Å². The van der Waals surface area contributed by atoms with Gasteiger partial charge in [-0.1, -0.05) is 19.1 Å². The minimum Gasteiger partial charge on any atom is -0.488 e. The van der Waals surface area contributed by atoms with Gasteiger partial charge in [0.25, 0.3) is 5.91 Å². The van der Waals surface area contributed by atoms with Crippen molar-refractivity contribution >= 4 is 11.6 Å². The smallest absolute Gasteiger partial charge is 0.416 e. The van der Waals surface area contributed by atoms with Gasteiger partial charge in [0.2, 0.25) is 0 Å². The highest BCUT2D eigenvalue weighted by molar-refractivity contribution is 5.98. The molecular formula is C26H34F3N3O3. The number of anilines is 1. The highest BCUT2D eigenvalue weighted by Crippen LogP contribution is 2.32. The summed E-state index contributed by atoms with van der Waals surface area (Å²) in [4.78, 5) is 19.0. The quantitative estimate of drug-likeness (QED) is 0.629. The zero-order valence-electron chi connectivity index (χ0n) is 20.8. The lowest BCUT2D eigenvalue weighted by Gasteiger charge is -2.38. The molecule has 0 bridgehead atoms. The Morgan fingerprint density at radius 3 is 2.37 bits per heavy atom. The maximum atomic E-state index is 13.4. The van der Waals surface area contributed by atoms with Gasteiger partial charge in [-0.2, -0.15) is 13.2 Å². The van der Waals surface area contributed by atoms with Crippen LogP contribution in [0.15, 0.2) is 42.5 Å². The van der Waals surface area contributed by atoms with Crippen LogP contribution >= 0.6 is 0 Å². The summed E-state index contributed by atoms with van der Waals surface area (Å²) in [6.45, 7) is 5.03. The first-order valence-corrected chi connectivity index (χ1v) is 11.6. The second-order valence-corrected chi connectivity index (χ2v) is 9.59. The molecule has 0 radical (unpaired) electrons. The van der Waals surface area contributed by atoms with Gasteiger partial charge in [-0.05, 0) is 49.9 Å². The molecule has 9 heteroatoms. The number of hydrogen-bond donors (Lipinski definition) is 1. The molecule has 0 fully saturated rings. The number of rotatable bonds is 7. The van der Waals surface area contributed by atoms with Crippen molar-refractivity contribution in [3.05, 3.63) is 59.2 Å². The van der Waals surface area contributed by atoms with E-state index < -0.39 is 11.7 Å². The van der Waals surface area contributed by atoms with Crippen molar-refractivity contribution < 1.29 is 27.8 Å². The summed E-state index contributed by atoms with van der Waals surface area (Å²) in [5, 5.41) is 9.78. The molecule has 1 amide bonds. The van der Waals surface area contributed by atoms with Gasteiger partial charge in [-0.3, -0.25) is 9.69 Å². The van der Waals surface area contributed by atoms with Crippen LogP contribution in [0.3, 0.4) is 0 Å². The summed E-state index contributed by atoms with van der Waals surface area (Å²) < 4.78 is 45.0. The topological polar surface area (TPSA) is 56.3 Å². The SMILES string of the molecule is C[C@@H]1CN([C@@H](C)CO)C(=O)c2cc(N(C)C)ccc2O[C@@H]1CN(C)Cc1ccc(C(F)(F)F)cc1. The van der Waals surface area contributed by atoms with Crippen LogP contribution in [0.5, 0.6) is 5.75 Å². The van der Waals surface area contributed by atoms with Gasteiger partial charge in [-0.15, -0.1) is 0 Å². The number of fused-ring (bicyclic) bond motifs is 1. The monoisotopic (exact) mass is 493 g/mol. The van der Waals surface area contributed by atoms with Crippen molar-refractivity contribution in [3.63, 3.8) is 0 Å². The molecule has 0 aromatic heterocycles. The molecule has 1 N–H and O–H groups in total. The lowest BCUT2D eigenvalue weighted by molar-refractivity contribution is -0.137. The number of amides is 1. The summed E-state index contributed by atoms with van der Waals surface area (Å²) >= 11 is 0. The largest absolute Gasteiger partial charge is 0.488 e. The molecule has 1 aliphatic rings. The van der Waals surface area contributed by atoms with E-state index in [-0.39, 0.29) is 30.6 Å². The average molecular weight is 494 g/mol. The second kappa shape index (κ2) is 10.9. The van der Waals surface area contributed by atoms with E-state index >= 15 is 0 Å². The molecule has 2 aromatic carbocycles. The predicted octanol–water partition coefficient (Wildman–Crippen LogP) is 4.12. The highest BCUT2D eigenvalue weighted by Gasteiger charge is 2.34. The van der Waals surface area contributed by atoms with Crippen molar-refractivity contribution in [3.8, 4) is 5.75 Å². The van der Waals surface area contributed by atoms with E-state index in [4.69, 9.17) is 4.74 Å². The predicted molar refractivity (Wildman–Crippen MR) is 130 cm³/mol. The van der Waals surface area contributed by atoms with Crippen LogP contribution in [0.2, 0.25) is 0 Å². The van der Waals surface area contributed by atoms with E-state index in [2.05, 4.69) is 0 Å². The minimum atomic E-state index is -4.36. The third-order valence-corrected chi connectivity index (χ3v) is 6.39. The molecule has 0 spiro atoms. The van der Waals surface area contributed by atoms with E-state index in [0.29, 0.717) is 30.9 Å². The fourth-order valence-corrected chi connectivity index (χ4v) is 4.19. The van der Waals surface area contributed by atoms with E-state index in [1.165, 1.54) is 12.1 Å². The minimum absolute atomic E-state index is 0.0512. The number of halogens is 3. The number of aliphatic hydroxyl groups excluding tert-OH is 1. The zero-order valence-corrected chi connectivity index (χ0v) is 20.8. The van der Waals surface area contributed by atoms with Crippen molar-refractivity contribution in [1.29, 1.82) is 0 Å². The Kier molecular flexibility index (Phi) is 8.33.